The lowest BCUT2D eigenvalue weighted by molar-refractivity contribution is -0.116. The van der Waals surface area contributed by atoms with Gasteiger partial charge in [0, 0.05) is 23.2 Å². The Balaban J connectivity index is 1.73. The summed E-state index contributed by atoms with van der Waals surface area (Å²) in [6.45, 7) is 2.40. The fourth-order valence-corrected chi connectivity index (χ4v) is 2.24. The number of carbonyl (C=O) groups excluding carboxylic acids is 1. The molecule has 1 aliphatic heterocycles. The fourth-order valence-electron chi connectivity index (χ4n) is 1.97. The fraction of sp³-hybridized carbons (Fsp3) is 0.462. The Morgan fingerprint density at radius 1 is 1.17 bits per heavy atom. The Kier molecular flexibility index (Phi) is 5.16. The van der Waals surface area contributed by atoms with E-state index in [0.29, 0.717) is 6.54 Å². The Bertz CT molecular complexity index is 388. The van der Waals surface area contributed by atoms with Gasteiger partial charge in [-0.2, -0.15) is 0 Å². The number of amides is 1. The summed E-state index contributed by atoms with van der Waals surface area (Å²) in [5.41, 5.74) is 3.99. The van der Waals surface area contributed by atoms with E-state index in [-0.39, 0.29) is 5.91 Å². The molecule has 1 aliphatic rings. The van der Waals surface area contributed by atoms with Gasteiger partial charge in [0.1, 0.15) is 0 Å². The van der Waals surface area contributed by atoms with Gasteiger partial charge in [-0.05, 0) is 37.1 Å². The van der Waals surface area contributed by atoms with E-state index in [1.807, 2.05) is 24.3 Å². The number of nitrogens with zero attached hydrogens (tertiary/aromatic N) is 1. The maximum atomic E-state index is 11.7. The molecule has 1 aromatic rings. The van der Waals surface area contributed by atoms with Crippen molar-refractivity contribution >= 4 is 27.5 Å². The molecule has 98 valence electrons. The lowest BCUT2D eigenvalue weighted by atomic mass is 10.2. The second-order valence-electron chi connectivity index (χ2n) is 4.44. The van der Waals surface area contributed by atoms with Gasteiger partial charge in [-0.15, -0.1) is 0 Å². The van der Waals surface area contributed by atoms with Crippen LogP contribution in [-0.4, -0.2) is 30.6 Å². The molecule has 0 atom stereocenters. The van der Waals surface area contributed by atoms with E-state index in [1.165, 1.54) is 19.3 Å². The molecule has 0 aromatic heterocycles. The van der Waals surface area contributed by atoms with Crippen molar-refractivity contribution < 1.29 is 4.79 Å². The van der Waals surface area contributed by atoms with E-state index in [9.17, 15) is 4.79 Å². The van der Waals surface area contributed by atoms with Gasteiger partial charge >= 0.3 is 0 Å². The smallest absolute Gasteiger partial charge is 0.239 e. The lowest BCUT2D eigenvalue weighted by Crippen LogP contribution is -2.45. The Morgan fingerprint density at radius 2 is 1.83 bits per heavy atom. The third kappa shape index (κ3) is 4.40. The summed E-state index contributed by atoms with van der Waals surface area (Å²) in [6, 6.07) is 7.58. The first kappa shape index (κ1) is 13.5. The Hall–Kier alpha value is -0.910. The number of anilines is 1. The van der Waals surface area contributed by atoms with Crippen LogP contribution >= 0.6 is 15.9 Å². The molecule has 1 fully saturated rings. The van der Waals surface area contributed by atoms with Crippen molar-refractivity contribution in [2.24, 2.45) is 0 Å². The van der Waals surface area contributed by atoms with Crippen LogP contribution in [0, 0.1) is 0 Å². The molecule has 1 aromatic carbocycles. The second kappa shape index (κ2) is 6.87. The van der Waals surface area contributed by atoms with Crippen molar-refractivity contribution in [3.05, 3.63) is 28.7 Å². The van der Waals surface area contributed by atoms with Crippen molar-refractivity contribution in [3.8, 4) is 0 Å². The van der Waals surface area contributed by atoms with E-state index >= 15 is 0 Å². The molecule has 1 heterocycles. The summed E-state index contributed by atoms with van der Waals surface area (Å²) in [7, 11) is 0. The maximum absolute atomic E-state index is 11.7. The van der Waals surface area contributed by atoms with Gasteiger partial charge in [-0.25, -0.2) is 10.4 Å². The van der Waals surface area contributed by atoms with Crippen LogP contribution in [0.1, 0.15) is 19.3 Å². The molecule has 0 spiro atoms. The monoisotopic (exact) mass is 311 g/mol. The highest BCUT2D eigenvalue weighted by atomic mass is 79.9. The van der Waals surface area contributed by atoms with Gasteiger partial charge < -0.3 is 5.32 Å². The van der Waals surface area contributed by atoms with Crippen LogP contribution in [0.15, 0.2) is 28.7 Å². The van der Waals surface area contributed by atoms with Gasteiger partial charge in [0.05, 0.1) is 6.54 Å². The minimum atomic E-state index is -0.0112. The van der Waals surface area contributed by atoms with Crippen LogP contribution < -0.4 is 10.7 Å². The van der Waals surface area contributed by atoms with Crippen molar-refractivity contribution in [1.82, 2.24) is 10.4 Å². The lowest BCUT2D eigenvalue weighted by Gasteiger charge is -2.26. The highest BCUT2D eigenvalue weighted by Crippen LogP contribution is 2.13. The normalized spacial score (nSPS) is 16.5. The van der Waals surface area contributed by atoms with Crippen molar-refractivity contribution in [1.29, 1.82) is 0 Å². The van der Waals surface area contributed by atoms with Crippen LogP contribution in [0.5, 0.6) is 0 Å². The minimum absolute atomic E-state index is 0.0112. The molecular weight excluding hydrogens is 294 g/mol. The summed E-state index contributed by atoms with van der Waals surface area (Å²) in [5, 5.41) is 4.99. The number of hydrazine groups is 1. The van der Waals surface area contributed by atoms with Gasteiger partial charge in [0.15, 0.2) is 0 Å². The van der Waals surface area contributed by atoms with Crippen molar-refractivity contribution in [2.45, 2.75) is 19.3 Å². The summed E-state index contributed by atoms with van der Waals surface area (Å²) in [4.78, 5) is 11.7. The number of piperidine rings is 1. The Morgan fingerprint density at radius 3 is 2.50 bits per heavy atom. The summed E-state index contributed by atoms with van der Waals surface area (Å²) in [6.07, 6.45) is 3.71. The van der Waals surface area contributed by atoms with Crippen LogP contribution in [0.25, 0.3) is 0 Å². The topological polar surface area (TPSA) is 44.4 Å². The van der Waals surface area contributed by atoms with Gasteiger partial charge in [-0.3, -0.25) is 4.79 Å². The second-order valence-corrected chi connectivity index (χ2v) is 5.35. The number of nitrogens with one attached hydrogen (secondary N) is 2. The average Bonchev–Trinajstić information content (AvgIpc) is 2.40. The molecule has 4 nitrogen and oxygen atoms in total. The highest BCUT2D eigenvalue weighted by molar-refractivity contribution is 9.10. The number of rotatable bonds is 4. The van der Waals surface area contributed by atoms with E-state index in [4.69, 9.17) is 0 Å². The summed E-state index contributed by atoms with van der Waals surface area (Å²) < 4.78 is 1.01. The maximum Gasteiger partial charge on any atom is 0.239 e. The largest absolute Gasteiger partial charge is 0.325 e. The highest BCUT2D eigenvalue weighted by Gasteiger charge is 2.10. The molecule has 2 N–H and O–H groups in total. The molecule has 0 unspecified atom stereocenters. The molecule has 0 radical (unpaired) electrons. The summed E-state index contributed by atoms with van der Waals surface area (Å²) >= 11 is 3.36. The van der Waals surface area contributed by atoms with Crippen molar-refractivity contribution in [3.63, 3.8) is 0 Å². The molecule has 0 saturated carbocycles. The zero-order valence-corrected chi connectivity index (χ0v) is 11.9. The third-order valence-electron chi connectivity index (χ3n) is 2.95. The zero-order valence-electron chi connectivity index (χ0n) is 10.3. The van der Waals surface area contributed by atoms with Gasteiger partial charge in [0.2, 0.25) is 5.91 Å². The SMILES string of the molecule is O=C(CNN1CCCCC1)Nc1ccc(Br)cc1. The third-order valence-corrected chi connectivity index (χ3v) is 3.48. The first-order chi connectivity index (χ1) is 8.74. The molecule has 2 rings (SSSR count). The van der Waals surface area contributed by atoms with Crippen molar-refractivity contribution in [2.75, 3.05) is 25.0 Å². The molecule has 1 amide bonds. The van der Waals surface area contributed by atoms with Crippen LogP contribution in [0.4, 0.5) is 5.69 Å². The van der Waals surface area contributed by atoms with E-state index in [2.05, 4.69) is 31.7 Å². The van der Waals surface area contributed by atoms with E-state index in [0.717, 1.165) is 23.2 Å². The van der Waals surface area contributed by atoms with Gasteiger partial charge in [-0.1, -0.05) is 22.4 Å². The molecular formula is C13H18BrN3O. The number of hydrogen-bond acceptors (Lipinski definition) is 3. The van der Waals surface area contributed by atoms with Crippen LogP contribution in [0.2, 0.25) is 0 Å². The minimum Gasteiger partial charge on any atom is -0.325 e. The molecule has 1 saturated heterocycles. The van der Waals surface area contributed by atoms with Crippen LogP contribution in [0.3, 0.4) is 0 Å². The quantitative estimate of drug-likeness (QED) is 0.897. The molecule has 0 bridgehead atoms. The predicted molar refractivity (Wildman–Crippen MR) is 76.2 cm³/mol. The number of benzene rings is 1. The number of carbonyl (C=O) groups is 1. The molecule has 0 aliphatic carbocycles. The predicted octanol–water partition coefficient (Wildman–Crippen LogP) is 2.38. The zero-order chi connectivity index (χ0) is 12.8. The first-order valence-corrected chi connectivity index (χ1v) is 7.07. The van der Waals surface area contributed by atoms with Crippen LogP contribution in [-0.2, 0) is 4.79 Å². The Labute approximate surface area is 116 Å². The standard InChI is InChI=1S/C13H18BrN3O/c14-11-4-6-12(7-5-11)16-13(18)10-15-17-8-2-1-3-9-17/h4-7,15H,1-3,8-10H2,(H,16,18). The van der Waals surface area contributed by atoms with E-state index < -0.39 is 0 Å². The van der Waals surface area contributed by atoms with Gasteiger partial charge in [0.25, 0.3) is 0 Å². The number of hydrogen-bond donors (Lipinski definition) is 2. The summed E-state index contributed by atoms with van der Waals surface area (Å²) in [5.74, 6) is -0.0112. The average molecular weight is 312 g/mol. The first-order valence-electron chi connectivity index (χ1n) is 6.28. The molecule has 5 heteroatoms. The molecule has 18 heavy (non-hydrogen) atoms. The number of halogens is 1. The van der Waals surface area contributed by atoms with E-state index in [1.54, 1.807) is 0 Å².